The zero-order chi connectivity index (χ0) is 25.5. The van der Waals surface area contributed by atoms with Gasteiger partial charge in [-0.15, -0.1) is 0 Å². The standard InChI is InChI=1S/C29H26N2O5/c1-33-22-13-8-20(9-14-22)27-24(18-30)29(36-28(27)21-10-15-23(34-2)16-11-21)31-26(32)17-12-19-6-4-5-7-25(19)35-3/h4-11,13-16H,12,17H2,1-3H3,(H,31,32). The zero-order valence-corrected chi connectivity index (χ0v) is 20.3. The van der Waals surface area contributed by atoms with E-state index in [0.29, 0.717) is 29.2 Å². The molecule has 0 saturated carbocycles. The van der Waals surface area contributed by atoms with Crippen LogP contribution in [-0.2, 0) is 11.2 Å². The minimum atomic E-state index is -0.270. The van der Waals surface area contributed by atoms with Crippen molar-refractivity contribution in [2.24, 2.45) is 0 Å². The number of carbonyl (C=O) groups is 1. The number of carbonyl (C=O) groups excluding carboxylic acids is 1. The molecular formula is C29H26N2O5. The molecule has 0 saturated heterocycles. The lowest BCUT2D eigenvalue weighted by molar-refractivity contribution is -0.116. The molecule has 0 atom stereocenters. The number of para-hydroxylation sites is 1. The summed E-state index contributed by atoms with van der Waals surface area (Å²) in [4.78, 5) is 12.9. The van der Waals surface area contributed by atoms with Gasteiger partial charge in [-0.3, -0.25) is 10.1 Å². The summed E-state index contributed by atoms with van der Waals surface area (Å²) in [6.07, 6.45) is 0.677. The summed E-state index contributed by atoms with van der Waals surface area (Å²) in [5.41, 5.74) is 3.26. The molecule has 4 aromatic rings. The van der Waals surface area contributed by atoms with E-state index in [9.17, 15) is 10.1 Å². The monoisotopic (exact) mass is 482 g/mol. The fraction of sp³-hybridized carbons (Fsp3) is 0.172. The van der Waals surface area contributed by atoms with Gasteiger partial charge in [-0.2, -0.15) is 5.26 Å². The molecule has 182 valence electrons. The van der Waals surface area contributed by atoms with E-state index in [4.69, 9.17) is 18.6 Å². The van der Waals surface area contributed by atoms with Gasteiger partial charge in [0.1, 0.15) is 34.6 Å². The molecule has 1 N–H and O–H groups in total. The van der Waals surface area contributed by atoms with Crippen molar-refractivity contribution in [3.63, 3.8) is 0 Å². The topological polar surface area (TPSA) is 93.7 Å². The number of nitrogens with one attached hydrogen (secondary N) is 1. The van der Waals surface area contributed by atoms with E-state index in [-0.39, 0.29) is 23.8 Å². The minimum absolute atomic E-state index is 0.110. The van der Waals surface area contributed by atoms with E-state index in [0.717, 1.165) is 22.4 Å². The number of aryl methyl sites for hydroxylation is 1. The maximum Gasteiger partial charge on any atom is 0.227 e. The molecule has 4 rings (SSSR count). The van der Waals surface area contributed by atoms with Gasteiger partial charge in [0.15, 0.2) is 0 Å². The van der Waals surface area contributed by atoms with Crippen molar-refractivity contribution in [3.8, 4) is 45.8 Å². The highest BCUT2D eigenvalue weighted by molar-refractivity contribution is 5.95. The van der Waals surface area contributed by atoms with Crippen molar-refractivity contribution in [3.05, 3.63) is 83.9 Å². The van der Waals surface area contributed by atoms with Crippen molar-refractivity contribution >= 4 is 11.8 Å². The number of hydrogen-bond acceptors (Lipinski definition) is 6. The first kappa shape index (κ1) is 24.4. The second-order valence-electron chi connectivity index (χ2n) is 7.94. The zero-order valence-electron chi connectivity index (χ0n) is 20.3. The third-order valence-corrected chi connectivity index (χ3v) is 5.82. The number of rotatable bonds is 9. The van der Waals surface area contributed by atoms with Crippen LogP contribution in [0.25, 0.3) is 22.5 Å². The van der Waals surface area contributed by atoms with Gasteiger partial charge in [-0.1, -0.05) is 30.3 Å². The van der Waals surface area contributed by atoms with Crippen molar-refractivity contribution in [2.45, 2.75) is 12.8 Å². The molecule has 0 spiro atoms. The van der Waals surface area contributed by atoms with E-state index in [1.807, 2.05) is 72.8 Å². The highest BCUT2D eigenvalue weighted by atomic mass is 16.5. The Hall–Kier alpha value is -4.70. The van der Waals surface area contributed by atoms with Gasteiger partial charge in [-0.25, -0.2) is 0 Å². The largest absolute Gasteiger partial charge is 0.497 e. The summed E-state index contributed by atoms with van der Waals surface area (Å²) in [6, 6.07) is 24.4. The Labute approximate surface area is 209 Å². The highest BCUT2D eigenvalue weighted by Gasteiger charge is 2.24. The Morgan fingerprint density at radius 1 is 0.861 bits per heavy atom. The number of benzene rings is 3. The maximum atomic E-state index is 12.9. The van der Waals surface area contributed by atoms with Crippen molar-refractivity contribution in [2.75, 3.05) is 26.6 Å². The van der Waals surface area contributed by atoms with Gasteiger partial charge in [0, 0.05) is 17.5 Å². The molecule has 3 aromatic carbocycles. The first-order chi connectivity index (χ1) is 17.6. The molecule has 0 unspecified atom stereocenters. The lowest BCUT2D eigenvalue weighted by Crippen LogP contribution is -2.13. The second kappa shape index (κ2) is 11.2. The van der Waals surface area contributed by atoms with Gasteiger partial charge in [0.25, 0.3) is 0 Å². The van der Waals surface area contributed by atoms with Gasteiger partial charge >= 0.3 is 0 Å². The lowest BCUT2D eigenvalue weighted by atomic mass is 9.98. The molecular weight excluding hydrogens is 456 g/mol. The van der Waals surface area contributed by atoms with Crippen LogP contribution in [-0.4, -0.2) is 27.2 Å². The fourth-order valence-corrected chi connectivity index (χ4v) is 3.95. The number of nitrogens with zero attached hydrogens (tertiary/aromatic N) is 1. The fourth-order valence-electron chi connectivity index (χ4n) is 3.95. The predicted octanol–water partition coefficient (Wildman–Crippen LogP) is 6.08. The number of methoxy groups -OCH3 is 3. The predicted molar refractivity (Wildman–Crippen MR) is 137 cm³/mol. The van der Waals surface area contributed by atoms with Crippen LogP contribution in [0.2, 0.25) is 0 Å². The summed E-state index contributed by atoms with van der Waals surface area (Å²) in [5.74, 6) is 2.43. The van der Waals surface area contributed by atoms with Gasteiger partial charge in [0.05, 0.1) is 21.3 Å². The first-order valence-corrected chi connectivity index (χ1v) is 11.4. The van der Waals surface area contributed by atoms with Gasteiger partial charge in [-0.05, 0) is 60.0 Å². The molecule has 0 aliphatic carbocycles. The number of amides is 1. The molecule has 0 aliphatic rings. The summed E-state index contributed by atoms with van der Waals surface area (Å²) in [6.45, 7) is 0. The number of ether oxygens (including phenoxy) is 3. The molecule has 7 heteroatoms. The van der Waals surface area contributed by atoms with Crippen LogP contribution in [0.5, 0.6) is 17.2 Å². The third-order valence-electron chi connectivity index (χ3n) is 5.82. The minimum Gasteiger partial charge on any atom is -0.497 e. The molecule has 1 amide bonds. The summed E-state index contributed by atoms with van der Waals surface area (Å²) >= 11 is 0. The SMILES string of the molecule is COc1ccc(-c2oc(NC(=O)CCc3ccccc3OC)c(C#N)c2-c2ccc(OC)cc2)cc1. The van der Waals surface area contributed by atoms with Crippen LogP contribution in [0.3, 0.4) is 0 Å². The lowest BCUT2D eigenvalue weighted by Gasteiger charge is -2.08. The average molecular weight is 483 g/mol. The molecule has 0 fully saturated rings. The van der Waals surface area contributed by atoms with E-state index >= 15 is 0 Å². The molecule has 1 heterocycles. The summed E-state index contributed by atoms with van der Waals surface area (Å²) < 4.78 is 22.0. The van der Waals surface area contributed by atoms with E-state index in [2.05, 4.69) is 11.4 Å². The summed E-state index contributed by atoms with van der Waals surface area (Å²) in [5, 5.41) is 12.9. The Bertz CT molecular complexity index is 1380. The summed E-state index contributed by atoms with van der Waals surface area (Å²) in [7, 11) is 4.79. The van der Waals surface area contributed by atoms with E-state index < -0.39 is 0 Å². The van der Waals surface area contributed by atoms with Crippen LogP contribution < -0.4 is 19.5 Å². The van der Waals surface area contributed by atoms with Crippen LogP contribution in [0.1, 0.15) is 17.5 Å². The number of anilines is 1. The Morgan fingerprint density at radius 3 is 2.06 bits per heavy atom. The Balaban J connectivity index is 1.68. The molecule has 0 radical (unpaired) electrons. The highest BCUT2D eigenvalue weighted by Crippen LogP contribution is 2.42. The number of furan rings is 1. The van der Waals surface area contributed by atoms with E-state index in [1.54, 1.807) is 21.3 Å². The normalized spacial score (nSPS) is 10.4. The molecule has 36 heavy (non-hydrogen) atoms. The van der Waals surface area contributed by atoms with Crippen LogP contribution >= 0.6 is 0 Å². The number of nitriles is 1. The molecule has 0 aliphatic heterocycles. The Morgan fingerprint density at radius 2 is 1.47 bits per heavy atom. The maximum absolute atomic E-state index is 12.9. The molecule has 1 aromatic heterocycles. The Kier molecular flexibility index (Phi) is 7.57. The second-order valence-corrected chi connectivity index (χ2v) is 7.94. The van der Waals surface area contributed by atoms with E-state index in [1.165, 1.54) is 0 Å². The van der Waals surface area contributed by atoms with Crippen molar-refractivity contribution < 1.29 is 23.4 Å². The van der Waals surface area contributed by atoms with Crippen LogP contribution in [0.4, 0.5) is 5.88 Å². The van der Waals surface area contributed by atoms with Gasteiger partial charge in [0.2, 0.25) is 11.8 Å². The van der Waals surface area contributed by atoms with Crippen LogP contribution in [0.15, 0.2) is 77.2 Å². The number of hydrogen-bond donors (Lipinski definition) is 1. The van der Waals surface area contributed by atoms with Crippen molar-refractivity contribution in [1.29, 1.82) is 5.26 Å². The quantitative estimate of drug-likeness (QED) is 0.311. The van der Waals surface area contributed by atoms with Crippen molar-refractivity contribution in [1.82, 2.24) is 0 Å². The first-order valence-electron chi connectivity index (χ1n) is 11.4. The smallest absolute Gasteiger partial charge is 0.227 e. The molecule has 7 nitrogen and oxygen atoms in total. The molecule has 0 bridgehead atoms. The third kappa shape index (κ3) is 5.18. The van der Waals surface area contributed by atoms with Gasteiger partial charge < -0.3 is 18.6 Å². The average Bonchev–Trinajstić information content (AvgIpc) is 3.29. The van der Waals surface area contributed by atoms with Crippen LogP contribution in [0, 0.1) is 11.3 Å².